The lowest BCUT2D eigenvalue weighted by atomic mass is 9.94. The summed E-state index contributed by atoms with van der Waals surface area (Å²) in [5.41, 5.74) is 2.23. The Morgan fingerprint density at radius 2 is 1.88 bits per heavy atom. The number of oxazole rings is 1. The minimum atomic E-state index is -0.0335. The van der Waals surface area contributed by atoms with Crippen LogP contribution in [0.5, 0.6) is 0 Å². The van der Waals surface area contributed by atoms with Crippen molar-refractivity contribution in [2.24, 2.45) is 0 Å². The van der Waals surface area contributed by atoms with Crippen LogP contribution >= 0.6 is 11.3 Å². The van der Waals surface area contributed by atoms with Crippen molar-refractivity contribution in [2.75, 3.05) is 5.32 Å². The summed E-state index contributed by atoms with van der Waals surface area (Å²) in [6, 6.07) is 8.16. The van der Waals surface area contributed by atoms with Crippen molar-refractivity contribution in [2.45, 2.75) is 33.1 Å². The maximum atomic E-state index is 5.76. The van der Waals surface area contributed by atoms with Crippen molar-refractivity contribution >= 4 is 34.3 Å². The van der Waals surface area contributed by atoms with E-state index in [-0.39, 0.29) is 5.41 Å². The quantitative estimate of drug-likeness (QED) is 0.667. The summed E-state index contributed by atoms with van der Waals surface area (Å²) in [4.78, 5) is 9.76. The van der Waals surface area contributed by atoms with Crippen LogP contribution in [-0.4, -0.2) is 9.97 Å². The zero-order valence-electron chi connectivity index (χ0n) is 14.3. The highest BCUT2D eigenvalue weighted by Crippen LogP contribution is 2.26. The molecule has 1 aromatic carbocycles. The van der Waals surface area contributed by atoms with E-state index in [9.17, 15) is 0 Å². The molecule has 0 bridgehead atoms. The first kappa shape index (κ1) is 16.5. The zero-order valence-corrected chi connectivity index (χ0v) is 15.1. The molecule has 3 aromatic rings. The fraction of sp³-hybridized carbons (Fsp3) is 0.263. The number of benzene rings is 1. The molecule has 0 aliphatic heterocycles. The van der Waals surface area contributed by atoms with Crippen molar-refractivity contribution in [1.82, 2.24) is 9.97 Å². The normalized spacial score (nSPS) is 12.0. The molecule has 0 radical (unpaired) electrons. The van der Waals surface area contributed by atoms with Gasteiger partial charge >= 0.3 is 0 Å². The molecule has 24 heavy (non-hydrogen) atoms. The molecule has 0 amide bonds. The highest BCUT2D eigenvalue weighted by atomic mass is 32.1. The number of nitrogens with zero attached hydrogens (tertiary/aromatic N) is 2. The summed E-state index contributed by atoms with van der Waals surface area (Å²) >= 11 is 1.59. The van der Waals surface area contributed by atoms with Crippen molar-refractivity contribution in [3.63, 3.8) is 0 Å². The number of nitrogens with one attached hydrogen (secondary N) is 1. The fourth-order valence-corrected chi connectivity index (χ4v) is 2.85. The summed E-state index contributed by atoms with van der Waals surface area (Å²) in [5, 5.41) is 4.22. The number of hydrogen-bond donors (Lipinski definition) is 1. The van der Waals surface area contributed by atoms with Gasteiger partial charge in [0.05, 0.1) is 6.20 Å². The van der Waals surface area contributed by atoms with E-state index in [1.165, 1.54) is 5.56 Å². The van der Waals surface area contributed by atoms with Crippen molar-refractivity contribution < 1.29 is 4.42 Å². The van der Waals surface area contributed by atoms with Gasteiger partial charge in [-0.1, -0.05) is 50.3 Å². The van der Waals surface area contributed by atoms with E-state index in [0.717, 1.165) is 21.5 Å². The van der Waals surface area contributed by atoms with E-state index in [1.807, 2.05) is 36.5 Å². The third-order valence-electron chi connectivity index (χ3n) is 3.56. The van der Waals surface area contributed by atoms with Crippen molar-refractivity contribution in [3.05, 3.63) is 58.8 Å². The summed E-state index contributed by atoms with van der Waals surface area (Å²) in [6.07, 6.45) is 7.48. The molecule has 0 aliphatic rings. The molecule has 4 nitrogen and oxygen atoms in total. The summed E-state index contributed by atoms with van der Waals surface area (Å²) < 4.78 is 5.76. The highest BCUT2D eigenvalue weighted by molar-refractivity contribution is 7.16. The first-order valence-corrected chi connectivity index (χ1v) is 8.66. The standard InChI is InChI=1S/C19H21N3OS/c1-13-7-5-6-8-15(13)22-18-21-11-14(24-18)9-10-17-20-12-16(23-17)19(2,3)4/h5-12H,1-4H3,(H,21,22)/b10-9+. The van der Waals surface area contributed by atoms with Gasteiger partial charge in [0.2, 0.25) is 5.89 Å². The highest BCUT2D eigenvalue weighted by Gasteiger charge is 2.18. The SMILES string of the molecule is Cc1ccccc1Nc1ncc(/C=C/c2ncc(C(C)(C)C)o2)s1. The molecule has 0 saturated heterocycles. The Morgan fingerprint density at radius 3 is 2.58 bits per heavy atom. The van der Waals surface area contributed by atoms with Gasteiger partial charge in [-0.15, -0.1) is 0 Å². The van der Waals surface area contributed by atoms with Crippen LogP contribution in [-0.2, 0) is 5.41 Å². The lowest BCUT2D eigenvalue weighted by molar-refractivity contribution is 0.403. The summed E-state index contributed by atoms with van der Waals surface area (Å²) in [5.74, 6) is 1.50. The third kappa shape index (κ3) is 3.92. The molecule has 0 saturated carbocycles. The summed E-state index contributed by atoms with van der Waals surface area (Å²) in [7, 11) is 0. The zero-order chi connectivity index (χ0) is 17.2. The molecular formula is C19H21N3OS. The van der Waals surface area contributed by atoms with E-state index in [4.69, 9.17) is 4.42 Å². The van der Waals surface area contributed by atoms with Crippen LogP contribution in [0.3, 0.4) is 0 Å². The number of para-hydroxylation sites is 1. The fourth-order valence-electron chi connectivity index (χ4n) is 2.11. The summed E-state index contributed by atoms with van der Waals surface area (Å²) in [6.45, 7) is 8.39. The second kappa shape index (κ2) is 6.61. The van der Waals surface area contributed by atoms with Crippen molar-refractivity contribution in [1.29, 1.82) is 0 Å². The van der Waals surface area contributed by atoms with Crippen LogP contribution in [0.1, 0.15) is 42.9 Å². The van der Waals surface area contributed by atoms with Gasteiger partial charge in [0.1, 0.15) is 5.76 Å². The van der Waals surface area contributed by atoms with Gasteiger partial charge in [0.25, 0.3) is 0 Å². The molecule has 1 N–H and O–H groups in total. The van der Waals surface area contributed by atoms with E-state index in [1.54, 1.807) is 17.5 Å². The van der Waals surface area contributed by atoms with Crippen LogP contribution in [0.25, 0.3) is 12.2 Å². The molecule has 0 atom stereocenters. The Bertz CT molecular complexity index is 855. The molecule has 0 fully saturated rings. The lowest BCUT2D eigenvalue weighted by Crippen LogP contribution is -2.09. The predicted octanol–water partition coefficient (Wildman–Crippen LogP) is 5.65. The topological polar surface area (TPSA) is 51.0 Å². The number of anilines is 2. The molecule has 2 aromatic heterocycles. The number of aryl methyl sites for hydroxylation is 1. The Kier molecular flexibility index (Phi) is 4.53. The molecule has 5 heteroatoms. The van der Waals surface area contributed by atoms with Gasteiger partial charge in [-0.25, -0.2) is 9.97 Å². The Balaban J connectivity index is 1.70. The Hall–Kier alpha value is -2.40. The minimum Gasteiger partial charge on any atom is -0.441 e. The van der Waals surface area contributed by atoms with Gasteiger partial charge in [-0.05, 0) is 24.6 Å². The maximum absolute atomic E-state index is 5.76. The van der Waals surface area contributed by atoms with Crippen molar-refractivity contribution in [3.8, 4) is 0 Å². The molecular weight excluding hydrogens is 318 g/mol. The molecule has 0 unspecified atom stereocenters. The third-order valence-corrected chi connectivity index (χ3v) is 4.44. The molecule has 0 spiro atoms. The minimum absolute atomic E-state index is 0.0335. The Labute approximate surface area is 146 Å². The molecule has 0 aliphatic carbocycles. The Morgan fingerprint density at radius 1 is 1.08 bits per heavy atom. The van der Waals surface area contributed by atoms with Crippen LogP contribution in [0.15, 0.2) is 41.1 Å². The monoisotopic (exact) mass is 339 g/mol. The van der Waals surface area contributed by atoms with Gasteiger partial charge in [-0.2, -0.15) is 0 Å². The largest absolute Gasteiger partial charge is 0.441 e. The lowest BCUT2D eigenvalue weighted by Gasteiger charge is -2.12. The van der Waals surface area contributed by atoms with E-state index in [2.05, 4.69) is 49.0 Å². The van der Waals surface area contributed by atoms with E-state index >= 15 is 0 Å². The van der Waals surface area contributed by atoms with Gasteiger partial charge in [0, 0.05) is 28.3 Å². The predicted molar refractivity (Wildman–Crippen MR) is 101 cm³/mol. The van der Waals surface area contributed by atoms with Crippen LogP contribution in [0.4, 0.5) is 10.8 Å². The smallest absolute Gasteiger partial charge is 0.218 e. The van der Waals surface area contributed by atoms with E-state index in [0.29, 0.717) is 5.89 Å². The number of aromatic nitrogens is 2. The maximum Gasteiger partial charge on any atom is 0.218 e. The van der Waals surface area contributed by atoms with Crippen LogP contribution in [0, 0.1) is 6.92 Å². The second-order valence-corrected chi connectivity index (χ2v) is 7.72. The second-order valence-electron chi connectivity index (χ2n) is 6.65. The molecule has 2 heterocycles. The average Bonchev–Trinajstić information content (AvgIpc) is 3.16. The number of rotatable bonds is 4. The number of hydrogen-bond acceptors (Lipinski definition) is 5. The number of thiazole rings is 1. The van der Waals surface area contributed by atoms with Gasteiger partial charge in [0.15, 0.2) is 5.13 Å². The first-order chi connectivity index (χ1) is 11.4. The van der Waals surface area contributed by atoms with Crippen LogP contribution < -0.4 is 5.32 Å². The average molecular weight is 339 g/mol. The molecule has 3 rings (SSSR count). The van der Waals surface area contributed by atoms with E-state index < -0.39 is 0 Å². The molecule has 124 valence electrons. The van der Waals surface area contributed by atoms with Crippen LogP contribution in [0.2, 0.25) is 0 Å². The van der Waals surface area contributed by atoms with Gasteiger partial charge in [-0.3, -0.25) is 0 Å². The van der Waals surface area contributed by atoms with Gasteiger partial charge < -0.3 is 9.73 Å². The first-order valence-electron chi connectivity index (χ1n) is 7.85.